The molecule has 1 saturated heterocycles. The normalized spacial score (nSPS) is 19.5. The van der Waals surface area contributed by atoms with Crippen molar-refractivity contribution < 1.29 is 13.2 Å². The van der Waals surface area contributed by atoms with Gasteiger partial charge in [-0.25, -0.2) is 18.4 Å². The third-order valence-corrected chi connectivity index (χ3v) is 8.69. The van der Waals surface area contributed by atoms with E-state index in [4.69, 9.17) is 0 Å². The van der Waals surface area contributed by atoms with Gasteiger partial charge in [0.25, 0.3) is 0 Å². The number of pyridine rings is 1. The highest BCUT2D eigenvalue weighted by molar-refractivity contribution is 7.91. The Kier molecular flexibility index (Phi) is 6.22. The monoisotopic (exact) mass is 472 g/mol. The smallest absolute Gasteiger partial charge is 0.224 e. The van der Waals surface area contributed by atoms with E-state index in [-0.39, 0.29) is 35.1 Å². The van der Waals surface area contributed by atoms with Gasteiger partial charge in [-0.15, -0.1) is 11.3 Å². The average Bonchev–Trinajstić information content (AvgIpc) is 3.20. The molecule has 2 unspecified atom stereocenters. The molecule has 170 valence electrons. The lowest BCUT2D eigenvalue weighted by molar-refractivity contribution is -0.135. The van der Waals surface area contributed by atoms with Crippen LogP contribution in [0.4, 0.5) is 5.82 Å². The van der Waals surface area contributed by atoms with E-state index in [1.807, 2.05) is 31.9 Å². The molecular formula is C23H28N4O3S2. The molecule has 0 saturated carbocycles. The number of fused-ring (bicyclic) bond motifs is 1. The number of nitrogens with zero attached hydrogens (tertiary/aromatic N) is 4. The van der Waals surface area contributed by atoms with Crippen molar-refractivity contribution in [2.24, 2.45) is 0 Å². The summed E-state index contributed by atoms with van der Waals surface area (Å²) in [4.78, 5) is 26.2. The number of hydrogen-bond donors (Lipinski definition) is 0. The maximum atomic E-state index is 13.1. The molecule has 0 bridgehead atoms. The summed E-state index contributed by atoms with van der Waals surface area (Å²) >= 11 is 1.31. The number of rotatable bonds is 5. The second-order valence-electron chi connectivity index (χ2n) is 8.58. The van der Waals surface area contributed by atoms with Crippen LogP contribution >= 0.6 is 11.3 Å². The van der Waals surface area contributed by atoms with Gasteiger partial charge in [-0.1, -0.05) is 12.1 Å². The lowest BCUT2D eigenvalue weighted by Crippen LogP contribution is -2.59. The summed E-state index contributed by atoms with van der Waals surface area (Å²) in [5.41, 5.74) is 4.55. The Labute approximate surface area is 193 Å². The molecule has 3 heterocycles. The van der Waals surface area contributed by atoms with E-state index in [2.05, 4.69) is 27.9 Å². The highest BCUT2D eigenvalue weighted by atomic mass is 32.2. The number of carbonyl (C=O) groups is 1. The van der Waals surface area contributed by atoms with Gasteiger partial charge in [-0.2, -0.15) is 0 Å². The number of amides is 1. The number of aryl methyl sites for hydroxylation is 2. The van der Waals surface area contributed by atoms with Gasteiger partial charge in [0, 0.05) is 37.8 Å². The Morgan fingerprint density at radius 3 is 2.56 bits per heavy atom. The van der Waals surface area contributed by atoms with Crippen LogP contribution in [-0.2, 0) is 14.6 Å². The number of carbonyl (C=O) groups excluding carboxylic acids is 1. The standard InChI is InChI=1S/C23H28N4O3S2/c1-15-10-16(2)23(24-11-15)26-12-17(3)27(18(4)13-26)21(28)8-9-32(29,30)20-7-5-6-19-22(20)31-14-25-19/h5-7,10-11,14,17-18H,8-9,12-13H2,1-4H3. The zero-order valence-corrected chi connectivity index (χ0v) is 20.4. The van der Waals surface area contributed by atoms with Crippen molar-refractivity contribution in [1.29, 1.82) is 0 Å². The first-order chi connectivity index (χ1) is 15.2. The highest BCUT2D eigenvalue weighted by Crippen LogP contribution is 2.28. The first-order valence-corrected chi connectivity index (χ1v) is 13.2. The number of thiazole rings is 1. The van der Waals surface area contributed by atoms with Gasteiger partial charge in [-0.05, 0) is 51.0 Å². The zero-order valence-electron chi connectivity index (χ0n) is 18.8. The zero-order chi connectivity index (χ0) is 23.0. The lowest BCUT2D eigenvalue weighted by atomic mass is 10.1. The van der Waals surface area contributed by atoms with E-state index in [1.54, 1.807) is 23.7 Å². The topological polar surface area (TPSA) is 83.5 Å². The Morgan fingerprint density at radius 2 is 1.88 bits per heavy atom. The molecule has 1 aromatic carbocycles. The number of benzene rings is 1. The molecule has 1 amide bonds. The molecule has 4 rings (SSSR count). The van der Waals surface area contributed by atoms with Gasteiger partial charge in [-0.3, -0.25) is 4.79 Å². The molecule has 1 aliphatic rings. The summed E-state index contributed by atoms with van der Waals surface area (Å²) in [5, 5.41) is 0. The predicted molar refractivity (Wildman–Crippen MR) is 128 cm³/mol. The fourth-order valence-corrected chi connectivity index (χ4v) is 7.15. The van der Waals surface area contributed by atoms with Crippen molar-refractivity contribution in [3.05, 3.63) is 47.1 Å². The number of aromatic nitrogens is 2. The van der Waals surface area contributed by atoms with Crippen LogP contribution in [-0.4, -0.2) is 60.1 Å². The summed E-state index contributed by atoms with van der Waals surface area (Å²) in [6, 6.07) is 7.12. The molecule has 0 spiro atoms. The van der Waals surface area contributed by atoms with Gasteiger partial charge in [0.2, 0.25) is 5.91 Å². The fourth-order valence-electron chi connectivity index (χ4n) is 4.59. The van der Waals surface area contributed by atoms with E-state index in [0.717, 1.165) is 16.9 Å². The van der Waals surface area contributed by atoms with Crippen molar-refractivity contribution in [2.45, 2.75) is 51.1 Å². The Balaban J connectivity index is 1.45. The van der Waals surface area contributed by atoms with E-state index >= 15 is 0 Å². The van der Waals surface area contributed by atoms with Crippen LogP contribution in [0.25, 0.3) is 10.2 Å². The first-order valence-electron chi connectivity index (χ1n) is 10.7. The van der Waals surface area contributed by atoms with Crippen molar-refractivity contribution in [3.8, 4) is 0 Å². The predicted octanol–water partition coefficient (Wildman–Crippen LogP) is 3.60. The molecule has 3 aromatic rings. The highest BCUT2D eigenvalue weighted by Gasteiger charge is 2.34. The number of hydrogen-bond acceptors (Lipinski definition) is 7. The molecule has 1 aliphatic heterocycles. The number of piperazine rings is 1. The lowest BCUT2D eigenvalue weighted by Gasteiger charge is -2.45. The van der Waals surface area contributed by atoms with E-state index in [1.165, 1.54) is 11.3 Å². The Hall–Kier alpha value is -2.52. The van der Waals surface area contributed by atoms with E-state index in [0.29, 0.717) is 23.3 Å². The third kappa shape index (κ3) is 4.36. The van der Waals surface area contributed by atoms with Crippen LogP contribution in [0.3, 0.4) is 0 Å². The van der Waals surface area contributed by atoms with Crippen LogP contribution in [0.1, 0.15) is 31.4 Å². The molecule has 1 fully saturated rings. The Bertz CT molecular complexity index is 1240. The molecule has 32 heavy (non-hydrogen) atoms. The largest absolute Gasteiger partial charge is 0.352 e. The van der Waals surface area contributed by atoms with Crippen molar-refractivity contribution in [2.75, 3.05) is 23.7 Å². The summed E-state index contributed by atoms with van der Waals surface area (Å²) < 4.78 is 26.6. The minimum Gasteiger partial charge on any atom is -0.352 e. The van der Waals surface area contributed by atoms with Gasteiger partial charge >= 0.3 is 0 Å². The molecule has 0 radical (unpaired) electrons. The third-order valence-electron chi connectivity index (χ3n) is 5.93. The number of anilines is 1. The summed E-state index contributed by atoms with van der Waals surface area (Å²) in [6.07, 6.45) is 1.83. The summed E-state index contributed by atoms with van der Waals surface area (Å²) in [6.45, 7) is 9.43. The Morgan fingerprint density at radius 1 is 1.16 bits per heavy atom. The van der Waals surface area contributed by atoms with Crippen LogP contribution in [0.2, 0.25) is 0 Å². The van der Waals surface area contributed by atoms with Crippen molar-refractivity contribution in [1.82, 2.24) is 14.9 Å². The molecule has 7 nitrogen and oxygen atoms in total. The van der Waals surface area contributed by atoms with Gasteiger partial charge in [0.1, 0.15) is 5.82 Å². The SMILES string of the molecule is Cc1cnc(N2CC(C)N(C(=O)CCS(=O)(=O)c3cccc4ncsc34)C(C)C2)c(C)c1. The number of sulfone groups is 1. The second kappa shape index (κ2) is 8.78. The molecular weight excluding hydrogens is 444 g/mol. The van der Waals surface area contributed by atoms with Crippen LogP contribution < -0.4 is 4.90 Å². The minimum atomic E-state index is -3.59. The van der Waals surface area contributed by atoms with Crippen LogP contribution in [0, 0.1) is 13.8 Å². The van der Waals surface area contributed by atoms with Crippen LogP contribution in [0.5, 0.6) is 0 Å². The first kappa shape index (κ1) is 22.7. The summed E-state index contributed by atoms with van der Waals surface area (Å²) in [7, 11) is -3.59. The van der Waals surface area contributed by atoms with Crippen molar-refractivity contribution in [3.63, 3.8) is 0 Å². The maximum absolute atomic E-state index is 13.1. The van der Waals surface area contributed by atoms with Gasteiger partial charge < -0.3 is 9.80 Å². The molecule has 2 aromatic heterocycles. The molecule has 0 aliphatic carbocycles. The average molecular weight is 473 g/mol. The van der Waals surface area contributed by atoms with Gasteiger partial charge in [0.15, 0.2) is 9.84 Å². The maximum Gasteiger partial charge on any atom is 0.224 e. The van der Waals surface area contributed by atoms with E-state index in [9.17, 15) is 13.2 Å². The van der Waals surface area contributed by atoms with Gasteiger partial charge in [0.05, 0.1) is 26.4 Å². The van der Waals surface area contributed by atoms with E-state index < -0.39 is 9.84 Å². The van der Waals surface area contributed by atoms with Crippen molar-refractivity contribution >= 4 is 43.1 Å². The summed E-state index contributed by atoms with van der Waals surface area (Å²) in [5.74, 6) is 0.612. The molecule has 0 N–H and O–H groups in total. The minimum absolute atomic E-state index is 0.0337. The fraction of sp³-hybridized carbons (Fsp3) is 0.435. The van der Waals surface area contributed by atoms with Crippen LogP contribution in [0.15, 0.2) is 40.9 Å². The quantitative estimate of drug-likeness (QED) is 0.564. The molecule has 9 heteroatoms. The second-order valence-corrected chi connectivity index (χ2v) is 11.5. The molecule has 2 atom stereocenters.